The van der Waals surface area contributed by atoms with E-state index in [-0.39, 0.29) is 5.75 Å². The lowest BCUT2D eigenvalue weighted by Crippen LogP contribution is -1.97. The number of nitrogens with zero attached hydrogens (tertiary/aromatic N) is 1. The van der Waals surface area contributed by atoms with Crippen molar-refractivity contribution in [2.75, 3.05) is 5.73 Å². The Morgan fingerprint density at radius 3 is 2.95 bits per heavy atom. The Balaban J connectivity index is 1.91. The zero-order valence-corrected chi connectivity index (χ0v) is 10.7. The highest BCUT2D eigenvalue weighted by molar-refractivity contribution is 5.51. The molecule has 19 heavy (non-hydrogen) atoms. The average molecular weight is 258 g/mol. The second-order valence-corrected chi connectivity index (χ2v) is 4.85. The molecule has 0 fully saturated rings. The van der Waals surface area contributed by atoms with E-state index in [2.05, 4.69) is 4.98 Å². The van der Waals surface area contributed by atoms with Crippen molar-refractivity contribution in [2.45, 2.75) is 26.2 Å². The number of benzene rings is 1. The zero-order chi connectivity index (χ0) is 13.4. The number of nitrogen functional groups attached to an aromatic ring is 1. The normalized spacial score (nSPS) is 13.4. The van der Waals surface area contributed by atoms with Crippen molar-refractivity contribution >= 4 is 5.69 Å². The van der Waals surface area contributed by atoms with Crippen molar-refractivity contribution in [1.29, 1.82) is 0 Å². The van der Waals surface area contributed by atoms with Crippen LogP contribution in [-0.4, -0.2) is 4.98 Å². The summed E-state index contributed by atoms with van der Waals surface area (Å²) in [5.74, 6) is 0.131. The predicted octanol–water partition coefficient (Wildman–Crippen LogP) is 3.39. The molecule has 2 N–H and O–H groups in total. The zero-order valence-electron chi connectivity index (χ0n) is 10.7. The third kappa shape index (κ3) is 2.26. The Hall–Kier alpha value is -2.10. The van der Waals surface area contributed by atoms with Crippen molar-refractivity contribution in [1.82, 2.24) is 4.98 Å². The van der Waals surface area contributed by atoms with Crippen LogP contribution in [0.4, 0.5) is 10.1 Å². The van der Waals surface area contributed by atoms with Crippen LogP contribution in [0.25, 0.3) is 0 Å². The van der Waals surface area contributed by atoms with Crippen LogP contribution in [0.3, 0.4) is 0 Å². The number of pyridine rings is 1. The number of rotatable bonds is 2. The third-order valence-corrected chi connectivity index (χ3v) is 3.44. The summed E-state index contributed by atoms with van der Waals surface area (Å²) in [6, 6.07) is 6.67. The maximum Gasteiger partial charge on any atom is 0.219 e. The number of halogens is 1. The van der Waals surface area contributed by atoms with E-state index in [9.17, 15) is 4.39 Å². The molecule has 1 aliphatic rings. The lowest BCUT2D eigenvalue weighted by molar-refractivity contribution is 0.426. The predicted molar refractivity (Wildman–Crippen MR) is 71.9 cm³/mol. The van der Waals surface area contributed by atoms with Gasteiger partial charge in [-0.1, -0.05) is 6.07 Å². The first kappa shape index (κ1) is 12.0. The van der Waals surface area contributed by atoms with Crippen LogP contribution >= 0.6 is 0 Å². The maximum atomic E-state index is 13.8. The van der Waals surface area contributed by atoms with Crippen LogP contribution in [-0.2, 0) is 12.8 Å². The summed E-state index contributed by atoms with van der Waals surface area (Å²) in [5, 5.41) is 0. The van der Waals surface area contributed by atoms with Crippen LogP contribution in [0.1, 0.15) is 23.2 Å². The quantitative estimate of drug-likeness (QED) is 0.840. The van der Waals surface area contributed by atoms with E-state index >= 15 is 0 Å². The number of aryl methyl sites for hydroxylation is 3. The van der Waals surface area contributed by atoms with Crippen molar-refractivity contribution in [3.63, 3.8) is 0 Å². The summed E-state index contributed by atoms with van der Waals surface area (Å²) in [7, 11) is 0. The van der Waals surface area contributed by atoms with Crippen molar-refractivity contribution in [3.8, 4) is 11.6 Å². The van der Waals surface area contributed by atoms with Gasteiger partial charge in [0.25, 0.3) is 0 Å². The van der Waals surface area contributed by atoms with Crippen LogP contribution in [0.2, 0.25) is 0 Å². The molecular weight excluding hydrogens is 243 g/mol. The van der Waals surface area contributed by atoms with E-state index in [1.54, 1.807) is 12.1 Å². The summed E-state index contributed by atoms with van der Waals surface area (Å²) in [4.78, 5) is 4.42. The first-order valence-electron chi connectivity index (χ1n) is 6.36. The highest BCUT2D eigenvalue weighted by Crippen LogP contribution is 2.29. The molecule has 0 saturated heterocycles. The number of ether oxygens (including phenoxy) is 1. The van der Waals surface area contributed by atoms with E-state index in [4.69, 9.17) is 10.5 Å². The van der Waals surface area contributed by atoms with Crippen LogP contribution in [0.15, 0.2) is 24.3 Å². The molecule has 1 aromatic heterocycles. The smallest absolute Gasteiger partial charge is 0.219 e. The molecule has 2 aromatic rings. The lowest BCUT2D eigenvalue weighted by Gasteiger charge is -2.09. The first-order chi connectivity index (χ1) is 9.13. The fraction of sp³-hybridized carbons (Fsp3) is 0.267. The average Bonchev–Trinajstić information content (AvgIpc) is 2.83. The first-order valence-corrected chi connectivity index (χ1v) is 6.36. The third-order valence-electron chi connectivity index (χ3n) is 3.44. The van der Waals surface area contributed by atoms with Gasteiger partial charge in [-0.15, -0.1) is 0 Å². The Morgan fingerprint density at radius 1 is 1.26 bits per heavy atom. The van der Waals surface area contributed by atoms with E-state index in [0.29, 0.717) is 11.6 Å². The number of hydrogen-bond donors (Lipinski definition) is 1. The molecule has 0 aliphatic heterocycles. The largest absolute Gasteiger partial charge is 0.436 e. The molecule has 0 unspecified atom stereocenters. The molecule has 0 bridgehead atoms. The minimum atomic E-state index is -0.467. The molecule has 4 heteroatoms. The SMILES string of the molecule is Cc1cc(Oc2ccc3c(n2)CCC3)c(F)cc1N. The summed E-state index contributed by atoms with van der Waals surface area (Å²) in [5.41, 5.74) is 9.18. The summed E-state index contributed by atoms with van der Waals surface area (Å²) in [6.07, 6.45) is 3.16. The molecule has 0 spiro atoms. The van der Waals surface area contributed by atoms with Gasteiger partial charge < -0.3 is 10.5 Å². The Kier molecular flexibility index (Phi) is 2.85. The van der Waals surface area contributed by atoms with Gasteiger partial charge in [-0.05, 0) is 43.4 Å². The topological polar surface area (TPSA) is 48.1 Å². The molecule has 3 nitrogen and oxygen atoms in total. The number of anilines is 1. The number of fused-ring (bicyclic) bond motifs is 1. The van der Waals surface area contributed by atoms with Crippen molar-refractivity contribution in [3.05, 3.63) is 46.9 Å². The van der Waals surface area contributed by atoms with E-state index in [0.717, 1.165) is 30.5 Å². The van der Waals surface area contributed by atoms with Gasteiger partial charge in [-0.2, -0.15) is 0 Å². The number of hydrogen-bond acceptors (Lipinski definition) is 3. The fourth-order valence-corrected chi connectivity index (χ4v) is 2.32. The van der Waals surface area contributed by atoms with Gasteiger partial charge in [0.05, 0.1) is 0 Å². The van der Waals surface area contributed by atoms with Gasteiger partial charge in [0, 0.05) is 23.5 Å². The second-order valence-electron chi connectivity index (χ2n) is 4.85. The molecule has 1 aromatic carbocycles. The highest BCUT2D eigenvalue weighted by atomic mass is 19.1. The summed E-state index contributed by atoms with van der Waals surface area (Å²) in [6.45, 7) is 1.82. The molecule has 0 atom stereocenters. The minimum absolute atomic E-state index is 0.164. The molecule has 98 valence electrons. The van der Waals surface area contributed by atoms with Crippen LogP contribution in [0, 0.1) is 12.7 Å². The molecule has 1 heterocycles. The second kappa shape index (κ2) is 4.53. The molecule has 0 amide bonds. The standard InChI is InChI=1S/C15H15FN2O/c1-9-7-14(11(16)8-12(9)17)19-15-6-5-10-3-2-4-13(10)18-15/h5-8H,2-4,17H2,1H3. The van der Waals surface area contributed by atoms with E-state index in [1.807, 2.05) is 13.0 Å². The highest BCUT2D eigenvalue weighted by Gasteiger charge is 2.14. The fourth-order valence-electron chi connectivity index (χ4n) is 2.32. The van der Waals surface area contributed by atoms with E-state index in [1.165, 1.54) is 11.6 Å². The van der Waals surface area contributed by atoms with Gasteiger partial charge in [0.2, 0.25) is 5.88 Å². The van der Waals surface area contributed by atoms with Gasteiger partial charge in [0.1, 0.15) is 0 Å². The van der Waals surface area contributed by atoms with Crippen LogP contribution < -0.4 is 10.5 Å². The lowest BCUT2D eigenvalue weighted by atomic mass is 10.2. The molecule has 3 rings (SSSR count). The summed E-state index contributed by atoms with van der Waals surface area (Å²) < 4.78 is 19.3. The summed E-state index contributed by atoms with van der Waals surface area (Å²) >= 11 is 0. The maximum absolute atomic E-state index is 13.8. The monoisotopic (exact) mass is 258 g/mol. The van der Waals surface area contributed by atoms with Gasteiger partial charge in [0.15, 0.2) is 11.6 Å². The molecule has 1 aliphatic carbocycles. The number of nitrogens with two attached hydrogens (primary N) is 1. The van der Waals surface area contributed by atoms with Crippen LogP contribution in [0.5, 0.6) is 11.6 Å². The Morgan fingerprint density at radius 2 is 2.11 bits per heavy atom. The van der Waals surface area contributed by atoms with E-state index < -0.39 is 5.82 Å². The van der Waals surface area contributed by atoms with Crippen molar-refractivity contribution in [2.24, 2.45) is 0 Å². The van der Waals surface area contributed by atoms with Gasteiger partial charge in [-0.25, -0.2) is 9.37 Å². The Labute approximate surface area is 111 Å². The Bertz CT molecular complexity index is 640. The van der Waals surface area contributed by atoms with Gasteiger partial charge in [-0.3, -0.25) is 0 Å². The number of aromatic nitrogens is 1. The minimum Gasteiger partial charge on any atom is -0.436 e. The molecule has 0 radical (unpaired) electrons. The van der Waals surface area contributed by atoms with Gasteiger partial charge >= 0.3 is 0 Å². The molecule has 0 saturated carbocycles. The van der Waals surface area contributed by atoms with Crippen molar-refractivity contribution < 1.29 is 9.13 Å². The molecular formula is C15H15FN2O.